The highest BCUT2D eigenvalue weighted by Gasteiger charge is 2.44. The molecule has 1 saturated heterocycles. The first-order chi connectivity index (χ1) is 10.6. The molecule has 2 aliphatic rings. The summed E-state index contributed by atoms with van der Waals surface area (Å²) < 4.78 is 5.36. The summed E-state index contributed by atoms with van der Waals surface area (Å²) >= 11 is 0. The van der Waals surface area contributed by atoms with Gasteiger partial charge in [-0.3, -0.25) is 4.79 Å². The molecule has 2 fully saturated rings. The molecule has 3 rings (SSSR count). The second-order valence-corrected chi connectivity index (χ2v) is 6.22. The Balaban J connectivity index is 1.52. The smallest absolute Gasteiger partial charge is 0.410 e. The zero-order valence-corrected chi connectivity index (χ0v) is 12.5. The lowest BCUT2D eigenvalue weighted by molar-refractivity contribution is -0.143. The second kappa shape index (κ2) is 6.38. The fourth-order valence-electron chi connectivity index (χ4n) is 3.78. The number of fused-ring (bicyclic) bond motifs is 1. The summed E-state index contributed by atoms with van der Waals surface area (Å²) in [6, 6.07) is 9.61. The number of likely N-dealkylation sites (tertiary alicyclic amines) is 1. The minimum absolute atomic E-state index is 0.218. The molecule has 1 heterocycles. The summed E-state index contributed by atoms with van der Waals surface area (Å²) in [6.45, 7) is 1.50. The molecule has 1 N–H and O–H groups in total. The summed E-state index contributed by atoms with van der Waals surface area (Å²) in [5.74, 6) is -0.394. The van der Waals surface area contributed by atoms with Gasteiger partial charge in [0.25, 0.3) is 0 Å². The summed E-state index contributed by atoms with van der Waals surface area (Å²) in [6.07, 6.45) is 2.10. The largest absolute Gasteiger partial charge is 0.481 e. The number of hydrogen-bond acceptors (Lipinski definition) is 3. The maximum absolute atomic E-state index is 12.2. The van der Waals surface area contributed by atoms with Crippen molar-refractivity contribution in [3.05, 3.63) is 35.9 Å². The van der Waals surface area contributed by atoms with Crippen LogP contribution < -0.4 is 0 Å². The van der Waals surface area contributed by atoms with E-state index in [-0.39, 0.29) is 24.5 Å². The van der Waals surface area contributed by atoms with Crippen LogP contribution in [0.5, 0.6) is 0 Å². The van der Waals surface area contributed by atoms with Gasteiger partial charge in [-0.2, -0.15) is 0 Å². The van der Waals surface area contributed by atoms with Gasteiger partial charge in [-0.15, -0.1) is 0 Å². The van der Waals surface area contributed by atoms with E-state index in [2.05, 4.69) is 0 Å². The number of carboxylic acid groups (broad SMARTS) is 1. The van der Waals surface area contributed by atoms with Crippen LogP contribution in [0.1, 0.15) is 24.8 Å². The van der Waals surface area contributed by atoms with Gasteiger partial charge in [0.1, 0.15) is 6.61 Å². The Morgan fingerprint density at radius 2 is 1.95 bits per heavy atom. The summed E-state index contributed by atoms with van der Waals surface area (Å²) in [5, 5.41) is 9.23. The molecule has 22 heavy (non-hydrogen) atoms. The van der Waals surface area contributed by atoms with E-state index in [9.17, 15) is 14.7 Å². The van der Waals surface area contributed by atoms with Crippen molar-refractivity contribution in [3.8, 4) is 0 Å². The number of rotatable bonds is 3. The van der Waals surface area contributed by atoms with Gasteiger partial charge in [-0.25, -0.2) is 4.79 Å². The lowest BCUT2D eigenvalue weighted by atomic mass is 9.83. The van der Waals surface area contributed by atoms with Gasteiger partial charge in [0, 0.05) is 13.1 Å². The normalized spacial score (nSPS) is 27.3. The van der Waals surface area contributed by atoms with E-state index in [1.165, 1.54) is 0 Å². The summed E-state index contributed by atoms with van der Waals surface area (Å²) in [5.41, 5.74) is 0.970. The Hall–Kier alpha value is -2.04. The van der Waals surface area contributed by atoms with Gasteiger partial charge in [0.2, 0.25) is 0 Å². The van der Waals surface area contributed by atoms with Crippen molar-refractivity contribution in [1.82, 2.24) is 4.90 Å². The van der Waals surface area contributed by atoms with E-state index in [0.717, 1.165) is 24.8 Å². The highest BCUT2D eigenvalue weighted by Crippen LogP contribution is 2.42. The highest BCUT2D eigenvalue weighted by molar-refractivity contribution is 5.71. The van der Waals surface area contributed by atoms with Crippen LogP contribution in [0.3, 0.4) is 0 Å². The van der Waals surface area contributed by atoms with Gasteiger partial charge in [-0.1, -0.05) is 30.3 Å². The number of ether oxygens (including phenoxy) is 1. The maximum Gasteiger partial charge on any atom is 0.410 e. The molecule has 0 unspecified atom stereocenters. The third-order valence-electron chi connectivity index (χ3n) is 4.94. The molecule has 1 saturated carbocycles. The highest BCUT2D eigenvalue weighted by atomic mass is 16.6. The molecule has 0 aromatic heterocycles. The monoisotopic (exact) mass is 303 g/mol. The first kappa shape index (κ1) is 14.9. The molecule has 3 atom stereocenters. The van der Waals surface area contributed by atoms with Crippen molar-refractivity contribution < 1.29 is 19.4 Å². The van der Waals surface area contributed by atoms with E-state index in [0.29, 0.717) is 19.0 Å². The summed E-state index contributed by atoms with van der Waals surface area (Å²) in [7, 11) is 0. The van der Waals surface area contributed by atoms with Crippen molar-refractivity contribution in [2.24, 2.45) is 17.8 Å². The SMILES string of the molecule is O=C(O)[C@@H]1CC[C@@H]2CN(C(=O)OCc3ccccc3)CC[C@@H]21. The average Bonchev–Trinajstić information content (AvgIpc) is 2.97. The number of hydrogen-bond donors (Lipinski definition) is 1. The van der Waals surface area contributed by atoms with Gasteiger partial charge in [0.05, 0.1) is 5.92 Å². The van der Waals surface area contributed by atoms with Crippen molar-refractivity contribution in [2.75, 3.05) is 13.1 Å². The Morgan fingerprint density at radius 1 is 1.18 bits per heavy atom. The molecule has 5 nitrogen and oxygen atoms in total. The molecular formula is C17H21NO4. The average molecular weight is 303 g/mol. The lowest BCUT2D eigenvalue weighted by Gasteiger charge is -2.35. The predicted molar refractivity (Wildman–Crippen MR) is 80.2 cm³/mol. The zero-order chi connectivity index (χ0) is 15.5. The van der Waals surface area contributed by atoms with Crippen molar-refractivity contribution in [3.63, 3.8) is 0 Å². The standard InChI is InChI=1S/C17H21NO4/c19-16(20)15-7-6-13-10-18(9-8-14(13)15)17(21)22-11-12-4-2-1-3-5-12/h1-5,13-15H,6-11H2,(H,19,20)/t13-,14+,15-/m1/s1. The Morgan fingerprint density at radius 3 is 2.68 bits per heavy atom. The molecule has 0 radical (unpaired) electrons. The molecule has 1 aromatic carbocycles. The molecule has 1 aromatic rings. The van der Waals surface area contributed by atoms with Gasteiger partial charge >= 0.3 is 12.1 Å². The molecule has 118 valence electrons. The van der Waals surface area contributed by atoms with Gasteiger partial charge in [-0.05, 0) is 36.7 Å². The molecule has 1 aliphatic heterocycles. The van der Waals surface area contributed by atoms with E-state index in [1.54, 1.807) is 4.90 Å². The molecular weight excluding hydrogens is 282 g/mol. The fraction of sp³-hybridized carbons (Fsp3) is 0.529. The van der Waals surface area contributed by atoms with Crippen LogP contribution in [0.25, 0.3) is 0 Å². The predicted octanol–water partition coefficient (Wildman–Crippen LogP) is 2.76. The lowest BCUT2D eigenvalue weighted by Crippen LogP contribution is -2.44. The number of nitrogens with zero attached hydrogens (tertiary/aromatic N) is 1. The van der Waals surface area contributed by atoms with Crippen LogP contribution in [0.15, 0.2) is 30.3 Å². The van der Waals surface area contributed by atoms with E-state index in [4.69, 9.17) is 4.74 Å². The maximum atomic E-state index is 12.2. The van der Waals surface area contributed by atoms with Crippen LogP contribution in [0.4, 0.5) is 4.79 Å². The number of aliphatic carboxylic acids is 1. The Kier molecular flexibility index (Phi) is 4.32. The Bertz CT molecular complexity index is 545. The molecule has 0 bridgehead atoms. The van der Waals surface area contributed by atoms with Crippen LogP contribution >= 0.6 is 0 Å². The minimum atomic E-state index is -0.687. The topological polar surface area (TPSA) is 66.8 Å². The van der Waals surface area contributed by atoms with Gasteiger partial charge in [0.15, 0.2) is 0 Å². The third-order valence-corrected chi connectivity index (χ3v) is 4.94. The molecule has 5 heteroatoms. The van der Waals surface area contributed by atoms with Crippen LogP contribution in [0, 0.1) is 17.8 Å². The quantitative estimate of drug-likeness (QED) is 0.932. The number of piperidine rings is 1. The number of carbonyl (C=O) groups is 2. The number of amides is 1. The molecule has 0 spiro atoms. The number of benzene rings is 1. The second-order valence-electron chi connectivity index (χ2n) is 6.22. The van der Waals surface area contributed by atoms with E-state index < -0.39 is 5.97 Å². The van der Waals surface area contributed by atoms with E-state index >= 15 is 0 Å². The van der Waals surface area contributed by atoms with Crippen LogP contribution in [0.2, 0.25) is 0 Å². The number of carbonyl (C=O) groups excluding carboxylic acids is 1. The van der Waals surface area contributed by atoms with Crippen molar-refractivity contribution >= 4 is 12.1 Å². The first-order valence-electron chi connectivity index (χ1n) is 7.83. The first-order valence-corrected chi connectivity index (χ1v) is 7.83. The fourth-order valence-corrected chi connectivity index (χ4v) is 3.78. The van der Waals surface area contributed by atoms with Crippen LogP contribution in [-0.2, 0) is 16.1 Å². The third kappa shape index (κ3) is 3.08. The molecule has 1 aliphatic carbocycles. The molecule has 1 amide bonds. The minimum Gasteiger partial charge on any atom is -0.481 e. The summed E-state index contributed by atoms with van der Waals surface area (Å²) in [4.78, 5) is 25.1. The van der Waals surface area contributed by atoms with Gasteiger partial charge < -0.3 is 14.7 Å². The number of carboxylic acids is 1. The van der Waals surface area contributed by atoms with Crippen molar-refractivity contribution in [2.45, 2.75) is 25.9 Å². The van der Waals surface area contributed by atoms with E-state index in [1.807, 2.05) is 30.3 Å². The zero-order valence-electron chi connectivity index (χ0n) is 12.5. The van der Waals surface area contributed by atoms with Crippen molar-refractivity contribution in [1.29, 1.82) is 0 Å². The Labute approximate surface area is 129 Å². The van der Waals surface area contributed by atoms with Crippen LogP contribution in [-0.4, -0.2) is 35.2 Å².